The highest BCUT2D eigenvalue weighted by Crippen LogP contribution is 2.29. The molecule has 10 heteroatoms. The Bertz CT molecular complexity index is 1140. The van der Waals surface area contributed by atoms with Crippen LogP contribution >= 0.6 is 0 Å². The van der Waals surface area contributed by atoms with Crippen molar-refractivity contribution >= 4 is 23.5 Å². The third kappa shape index (κ3) is 10.3. The molecule has 4 atom stereocenters. The average Bonchev–Trinajstić information content (AvgIpc) is 3.06. The molecule has 0 radical (unpaired) electrons. The van der Waals surface area contributed by atoms with Gasteiger partial charge in [-0.25, -0.2) is 4.79 Å². The molecule has 3 aliphatic rings. The van der Waals surface area contributed by atoms with Crippen LogP contribution in [0.1, 0.15) is 115 Å². The highest BCUT2D eigenvalue weighted by Gasteiger charge is 2.32. The van der Waals surface area contributed by atoms with E-state index in [9.17, 15) is 19.5 Å². The zero-order chi connectivity index (χ0) is 33.1. The second kappa shape index (κ2) is 17.9. The Morgan fingerprint density at radius 1 is 1.00 bits per heavy atom. The number of ether oxygens (including phenoxy) is 2. The molecular weight excluding hydrogens is 584 g/mol. The summed E-state index contributed by atoms with van der Waals surface area (Å²) in [5.41, 5.74) is 0.848. The first kappa shape index (κ1) is 36.0. The first-order valence-electron chi connectivity index (χ1n) is 17.8. The molecule has 1 heterocycles. The third-order valence-corrected chi connectivity index (χ3v) is 10.0. The zero-order valence-electron chi connectivity index (χ0n) is 28.6. The fourth-order valence-corrected chi connectivity index (χ4v) is 7.08. The molecule has 2 aliphatic carbocycles. The summed E-state index contributed by atoms with van der Waals surface area (Å²) in [4.78, 5) is 44.1. The molecule has 0 unspecified atom stereocenters. The number of carbonyl (C=O) groups excluding carboxylic acids is 3. The van der Waals surface area contributed by atoms with Crippen molar-refractivity contribution in [2.24, 2.45) is 11.8 Å². The van der Waals surface area contributed by atoms with E-state index < -0.39 is 6.04 Å². The van der Waals surface area contributed by atoms with Gasteiger partial charge < -0.3 is 35.0 Å². The number of likely N-dealkylation sites (N-methyl/N-ethyl adjacent to an activating group) is 1. The Balaban J connectivity index is 1.56. The Labute approximate surface area is 275 Å². The van der Waals surface area contributed by atoms with Gasteiger partial charge in [0.1, 0.15) is 5.75 Å². The highest BCUT2D eigenvalue weighted by molar-refractivity contribution is 5.99. The van der Waals surface area contributed by atoms with Gasteiger partial charge in [0, 0.05) is 50.3 Å². The van der Waals surface area contributed by atoms with Crippen molar-refractivity contribution in [3.8, 4) is 5.75 Å². The number of fused-ring (bicyclic) bond motifs is 1. The van der Waals surface area contributed by atoms with Crippen molar-refractivity contribution in [2.75, 3.05) is 38.7 Å². The Kier molecular flexibility index (Phi) is 14.0. The summed E-state index contributed by atoms with van der Waals surface area (Å²) in [6.45, 7) is 7.00. The third-order valence-electron chi connectivity index (χ3n) is 10.0. The van der Waals surface area contributed by atoms with Crippen LogP contribution in [0, 0.1) is 11.8 Å². The molecule has 1 aromatic rings. The molecule has 0 saturated heterocycles. The summed E-state index contributed by atoms with van der Waals surface area (Å²) in [5, 5.41) is 16.2. The number of rotatable bonds is 7. The Hall–Kier alpha value is -2.85. The van der Waals surface area contributed by atoms with E-state index in [4.69, 9.17) is 9.47 Å². The minimum atomic E-state index is -0.471. The number of aliphatic hydroxyl groups is 1. The first-order valence-corrected chi connectivity index (χ1v) is 17.8. The monoisotopic (exact) mass is 642 g/mol. The van der Waals surface area contributed by atoms with Crippen LogP contribution in [0.5, 0.6) is 5.75 Å². The van der Waals surface area contributed by atoms with E-state index >= 15 is 0 Å². The maximum atomic E-state index is 14.4. The number of benzene rings is 1. The van der Waals surface area contributed by atoms with Crippen LogP contribution in [0.2, 0.25) is 0 Å². The van der Waals surface area contributed by atoms with E-state index in [2.05, 4.69) is 10.6 Å². The minimum absolute atomic E-state index is 0.0746. The number of anilines is 1. The predicted octanol–water partition coefficient (Wildman–Crippen LogP) is 5.98. The lowest BCUT2D eigenvalue weighted by Gasteiger charge is -2.36. The van der Waals surface area contributed by atoms with Crippen LogP contribution in [0.25, 0.3) is 0 Å². The Morgan fingerprint density at radius 2 is 1.67 bits per heavy atom. The standard InChI is InChI=1S/C36H58N4O6/c1-25-22-40(26(2)24-41)35(43)31-21-30(38-36(44)37-29-16-9-6-10-17-29)18-19-32(31)46-27(3)13-11-12-20-45-33(25)23-39(4)34(42)28-14-7-5-8-15-28/h18-19,21,25-29,33,41H,5-17,20,22-24H2,1-4H3,(H2,37,38,44)/t25-,26+,27-,33+/m1/s1. The molecule has 0 spiro atoms. The summed E-state index contributed by atoms with van der Waals surface area (Å²) < 4.78 is 12.8. The molecule has 0 aromatic heterocycles. The van der Waals surface area contributed by atoms with E-state index in [-0.39, 0.29) is 54.5 Å². The molecule has 4 rings (SSSR count). The topological polar surface area (TPSA) is 120 Å². The molecule has 3 N–H and O–H groups in total. The van der Waals surface area contributed by atoms with Crippen molar-refractivity contribution in [3.05, 3.63) is 23.8 Å². The number of nitrogens with one attached hydrogen (secondary N) is 2. The lowest BCUT2D eigenvalue weighted by molar-refractivity contribution is -0.137. The lowest BCUT2D eigenvalue weighted by Crippen LogP contribution is -2.48. The van der Waals surface area contributed by atoms with E-state index in [0.29, 0.717) is 36.7 Å². The van der Waals surface area contributed by atoms with Gasteiger partial charge in [0.05, 0.1) is 30.4 Å². The van der Waals surface area contributed by atoms with Crippen LogP contribution in [-0.2, 0) is 9.53 Å². The van der Waals surface area contributed by atoms with Crippen LogP contribution in [0.3, 0.4) is 0 Å². The molecular formula is C36H58N4O6. The number of amides is 4. The summed E-state index contributed by atoms with van der Waals surface area (Å²) in [5.74, 6) is 0.313. The van der Waals surface area contributed by atoms with E-state index in [0.717, 1.165) is 70.6 Å². The van der Waals surface area contributed by atoms with Crippen LogP contribution in [-0.4, -0.2) is 90.4 Å². The van der Waals surface area contributed by atoms with Gasteiger partial charge in [-0.2, -0.15) is 0 Å². The first-order chi connectivity index (χ1) is 22.2. The predicted molar refractivity (Wildman–Crippen MR) is 180 cm³/mol. The van der Waals surface area contributed by atoms with Gasteiger partial charge in [-0.1, -0.05) is 45.4 Å². The SMILES string of the molecule is C[C@@H]1CCCCO[C@@H](CN(C)C(=O)C2CCCCC2)[C@H](C)CN([C@@H](C)CO)C(=O)c2cc(NC(=O)NC3CCCCC3)ccc2O1. The highest BCUT2D eigenvalue weighted by atomic mass is 16.5. The summed E-state index contributed by atoms with van der Waals surface area (Å²) in [6, 6.07) is 4.62. The fourth-order valence-electron chi connectivity index (χ4n) is 7.08. The number of hydrogen-bond donors (Lipinski definition) is 3. The second-order valence-corrected chi connectivity index (χ2v) is 14.0. The van der Waals surface area contributed by atoms with Gasteiger partial charge in [0.25, 0.3) is 5.91 Å². The molecule has 2 fully saturated rings. The van der Waals surface area contributed by atoms with Crippen molar-refractivity contribution < 1.29 is 29.0 Å². The number of hydrogen-bond acceptors (Lipinski definition) is 6. The van der Waals surface area contributed by atoms with Gasteiger partial charge in [0.2, 0.25) is 5.91 Å². The van der Waals surface area contributed by atoms with E-state index in [1.807, 2.05) is 32.7 Å². The number of urea groups is 1. The van der Waals surface area contributed by atoms with Crippen LogP contribution < -0.4 is 15.4 Å². The second-order valence-electron chi connectivity index (χ2n) is 14.0. The molecule has 4 amide bonds. The maximum Gasteiger partial charge on any atom is 0.319 e. The normalized spacial score (nSPS) is 25.0. The smallest absolute Gasteiger partial charge is 0.319 e. The molecule has 2 saturated carbocycles. The van der Waals surface area contributed by atoms with Crippen LogP contribution in [0.15, 0.2) is 18.2 Å². The van der Waals surface area contributed by atoms with Gasteiger partial charge in [-0.15, -0.1) is 0 Å². The lowest BCUT2D eigenvalue weighted by atomic mass is 9.88. The van der Waals surface area contributed by atoms with Crippen molar-refractivity contribution in [2.45, 2.75) is 129 Å². The molecule has 46 heavy (non-hydrogen) atoms. The molecule has 1 aromatic carbocycles. The van der Waals surface area contributed by atoms with Crippen molar-refractivity contribution in [1.29, 1.82) is 0 Å². The minimum Gasteiger partial charge on any atom is -0.490 e. The molecule has 10 nitrogen and oxygen atoms in total. The van der Waals surface area contributed by atoms with Crippen molar-refractivity contribution in [3.63, 3.8) is 0 Å². The maximum absolute atomic E-state index is 14.4. The van der Waals surface area contributed by atoms with E-state index in [1.165, 1.54) is 12.8 Å². The summed E-state index contributed by atoms with van der Waals surface area (Å²) >= 11 is 0. The largest absolute Gasteiger partial charge is 0.490 e. The molecule has 1 aliphatic heterocycles. The fraction of sp³-hybridized carbons (Fsp3) is 0.750. The summed E-state index contributed by atoms with van der Waals surface area (Å²) in [7, 11) is 1.87. The Morgan fingerprint density at radius 3 is 2.37 bits per heavy atom. The van der Waals surface area contributed by atoms with Crippen molar-refractivity contribution in [1.82, 2.24) is 15.1 Å². The number of nitrogens with zero attached hydrogens (tertiary/aromatic N) is 2. The van der Waals surface area contributed by atoms with Crippen LogP contribution in [0.4, 0.5) is 10.5 Å². The van der Waals surface area contributed by atoms with Gasteiger partial charge >= 0.3 is 6.03 Å². The van der Waals surface area contributed by atoms with Gasteiger partial charge in [-0.05, 0) is 77.0 Å². The number of carbonyl (C=O) groups is 3. The summed E-state index contributed by atoms with van der Waals surface area (Å²) in [6.07, 6.45) is 12.8. The number of aliphatic hydroxyl groups excluding tert-OH is 1. The zero-order valence-corrected chi connectivity index (χ0v) is 28.6. The van der Waals surface area contributed by atoms with Gasteiger partial charge in [-0.3, -0.25) is 9.59 Å². The quantitative estimate of drug-likeness (QED) is 0.337. The van der Waals surface area contributed by atoms with Gasteiger partial charge in [0.15, 0.2) is 0 Å². The van der Waals surface area contributed by atoms with E-state index in [1.54, 1.807) is 23.1 Å². The molecule has 0 bridgehead atoms. The molecule has 258 valence electrons. The average molecular weight is 643 g/mol.